The zero-order valence-corrected chi connectivity index (χ0v) is 15.2. The van der Waals surface area contributed by atoms with Crippen LogP contribution in [0.2, 0.25) is 5.02 Å². The monoisotopic (exact) mass is 375 g/mol. The number of fused-ring (bicyclic) bond motifs is 5. The number of carbonyl (C=O) groups excluding carboxylic acids is 2. The van der Waals surface area contributed by atoms with Crippen LogP contribution < -0.4 is 10.2 Å². The van der Waals surface area contributed by atoms with Gasteiger partial charge in [0.05, 0.1) is 12.2 Å². The first-order valence-corrected chi connectivity index (χ1v) is 9.76. The van der Waals surface area contributed by atoms with Gasteiger partial charge in [0.15, 0.2) is 0 Å². The Hall–Kier alpha value is -1.79. The van der Waals surface area contributed by atoms with E-state index in [0.29, 0.717) is 42.0 Å². The maximum Gasteiger partial charge on any atom is 0.318 e. The molecule has 26 heavy (non-hydrogen) atoms. The molecule has 4 heterocycles. The third-order valence-corrected chi connectivity index (χ3v) is 6.60. The summed E-state index contributed by atoms with van der Waals surface area (Å²) in [4.78, 5) is 29.0. The summed E-state index contributed by atoms with van der Waals surface area (Å²) < 4.78 is 5.96. The smallest absolute Gasteiger partial charge is 0.318 e. The summed E-state index contributed by atoms with van der Waals surface area (Å²) in [6, 6.07) is 6.68. The molecule has 0 saturated carbocycles. The van der Waals surface area contributed by atoms with Gasteiger partial charge in [-0.2, -0.15) is 0 Å². The van der Waals surface area contributed by atoms with Crippen LogP contribution in [-0.4, -0.2) is 54.7 Å². The van der Waals surface area contributed by atoms with Crippen molar-refractivity contribution in [3.05, 3.63) is 29.3 Å². The first-order valence-electron chi connectivity index (χ1n) is 9.38. The van der Waals surface area contributed by atoms with Crippen LogP contribution in [0.25, 0.3) is 0 Å². The van der Waals surface area contributed by atoms with E-state index in [-0.39, 0.29) is 11.9 Å². The number of rotatable bonds is 2. The standard InChI is InChI=1S/C19H22ClN3O3/c20-11-2-1-3-12(8-11)23-7-6-15(18(23)24)21-19(25)22-9-13-14(10-22)17-5-4-16(13)26-17/h1-3,8,13-17H,4-7,9-10H2,(H,21,25). The SMILES string of the molecule is O=C(NC1CCN(c2cccc(Cl)c2)C1=O)N1CC2C3CCC(O3)C2C1. The number of halogens is 1. The highest BCUT2D eigenvalue weighted by atomic mass is 35.5. The molecule has 5 rings (SSSR count). The number of hydrogen-bond donors (Lipinski definition) is 1. The van der Waals surface area contributed by atoms with Crippen LogP contribution in [-0.2, 0) is 9.53 Å². The fourth-order valence-corrected chi connectivity index (χ4v) is 5.26. The lowest BCUT2D eigenvalue weighted by molar-refractivity contribution is -0.118. The zero-order valence-electron chi connectivity index (χ0n) is 14.4. The van der Waals surface area contributed by atoms with Crippen LogP contribution in [0.4, 0.5) is 10.5 Å². The Balaban J connectivity index is 1.22. The molecule has 0 aliphatic carbocycles. The van der Waals surface area contributed by atoms with Gasteiger partial charge in [0.2, 0.25) is 5.91 Å². The van der Waals surface area contributed by atoms with Crippen molar-refractivity contribution in [1.82, 2.24) is 10.2 Å². The summed E-state index contributed by atoms with van der Waals surface area (Å²) in [7, 11) is 0. The van der Waals surface area contributed by atoms with Gasteiger partial charge in [0.25, 0.3) is 0 Å². The van der Waals surface area contributed by atoms with Crippen molar-refractivity contribution in [2.75, 3.05) is 24.5 Å². The maximum atomic E-state index is 12.7. The molecule has 1 N–H and O–H groups in total. The molecular formula is C19H22ClN3O3. The molecule has 0 spiro atoms. The molecule has 0 radical (unpaired) electrons. The highest BCUT2D eigenvalue weighted by Crippen LogP contribution is 2.47. The second-order valence-electron chi connectivity index (χ2n) is 7.78. The van der Waals surface area contributed by atoms with Crippen molar-refractivity contribution in [2.24, 2.45) is 11.8 Å². The van der Waals surface area contributed by atoms with Crippen LogP contribution in [0.15, 0.2) is 24.3 Å². The molecule has 5 atom stereocenters. The topological polar surface area (TPSA) is 61.9 Å². The van der Waals surface area contributed by atoms with Gasteiger partial charge in [-0.1, -0.05) is 17.7 Å². The Kier molecular flexibility index (Phi) is 3.87. The van der Waals surface area contributed by atoms with Crippen LogP contribution >= 0.6 is 11.6 Å². The molecule has 5 unspecified atom stereocenters. The van der Waals surface area contributed by atoms with Crippen molar-refractivity contribution in [2.45, 2.75) is 37.5 Å². The number of hydrogen-bond acceptors (Lipinski definition) is 3. The van der Waals surface area contributed by atoms with Gasteiger partial charge in [0, 0.05) is 42.2 Å². The highest BCUT2D eigenvalue weighted by Gasteiger charge is 2.54. The fourth-order valence-electron chi connectivity index (χ4n) is 5.08. The van der Waals surface area contributed by atoms with E-state index in [4.69, 9.17) is 16.3 Å². The van der Waals surface area contributed by atoms with Gasteiger partial charge in [-0.15, -0.1) is 0 Å². The van der Waals surface area contributed by atoms with E-state index in [0.717, 1.165) is 31.6 Å². The van der Waals surface area contributed by atoms with Crippen molar-refractivity contribution in [3.63, 3.8) is 0 Å². The molecule has 2 bridgehead atoms. The minimum atomic E-state index is -0.463. The van der Waals surface area contributed by atoms with E-state index in [1.54, 1.807) is 17.0 Å². The summed E-state index contributed by atoms with van der Waals surface area (Å²) in [6.45, 7) is 2.08. The number of benzene rings is 1. The molecule has 4 aliphatic rings. The lowest BCUT2D eigenvalue weighted by Gasteiger charge is -2.22. The van der Waals surface area contributed by atoms with E-state index in [2.05, 4.69) is 5.32 Å². The van der Waals surface area contributed by atoms with Crippen molar-refractivity contribution < 1.29 is 14.3 Å². The Bertz CT molecular complexity index is 739. The Morgan fingerprint density at radius 1 is 1.15 bits per heavy atom. The maximum absolute atomic E-state index is 12.7. The Labute approximate surface area is 157 Å². The predicted octanol–water partition coefficient (Wildman–Crippen LogP) is 2.26. The van der Waals surface area contributed by atoms with Gasteiger partial charge in [-0.25, -0.2) is 4.79 Å². The summed E-state index contributed by atoms with van der Waals surface area (Å²) in [5.74, 6) is 0.881. The van der Waals surface area contributed by atoms with Crippen molar-refractivity contribution >= 4 is 29.2 Å². The number of urea groups is 1. The van der Waals surface area contributed by atoms with E-state index < -0.39 is 6.04 Å². The Morgan fingerprint density at radius 3 is 2.58 bits per heavy atom. The number of anilines is 1. The summed E-state index contributed by atoms with van der Waals surface area (Å²) >= 11 is 6.03. The number of likely N-dealkylation sites (tertiary alicyclic amines) is 1. The second kappa shape index (κ2) is 6.13. The van der Waals surface area contributed by atoms with Gasteiger partial charge < -0.3 is 19.9 Å². The predicted molar refractivity (Wildman–Crippen MR) is 97.2 cm³/mol. The molecule has 4 aliphatic heterocycles. The van der Waals surface area contributed by atoms with Gasteiger partial charge in [0.1, 0.15) is 6.04 Å². The lowest BCUT2D eigenvalue weighted by Crippen LogP contribution is -2.47. The summed E-state index contributed by atoms with van der Waals surface area (Å²) in [5.41, 5.74) is 0.781. The van der Waals surface area contributed by atoms with Crippen LogP contribution in [0.3, 0.4) is 0 Å². The first-order chi connectivity index (χ1) is 12.6. The third kappa shape index (κ3) is 2.58. The second-order valence-corrected chi connectivity index (χ2v) is 8.22. The van der Waals surface area contributed by atoms with Crippen LogP contribution in [0.1, 0.15) is 19.3 Å². The minimum Gasteiger partial charge on any atom is -0.374 e. The molecule has 4 saturated heterocycles. The van der Waals surface area contributed by atoms with E-state index in [9.17, 15) is 9.59 Å². The number of amides is 3. The zero-order chi connectivity index (χ0) is 17.8. The quantitative estimate of drug-likeness (QED) is 0.862. The van der Waals surface area contributed by atoms with Crippen molar-refractivity contribution in [1.29, 1.82) is 0 Å². The largest absolute Gasteiger partial charge is 0.374 e. The fraction of sp³-hybridized carbons (Fsp3) is 0.579. The van der Waals surface area contributed by atoms with E-state index in [1.165, 1.54) is 0 Å². The number of ether oxygens (including phenoxy) is 1. The van der Waals surface area contributed by atoms with Gasteiger partial charge in [-0.05, 0) is 37.5 Å². The number of nitrogens with one attached hydrogen (secondary N) is 1. The summed E-state index contributed by atoms with van der Waals surface area (Å²) in [5, 5.41) is 3.55. The van der Waals surface area contributed by atoms with Gasteiger partial charge in [-0.3, -0.25) is 4.79 Å². The van der Waals surface area contributed by atoms with E-state index in [1.807, 2.05) is 17.0 Å². The van der Waals surface area contributed by atoms with Crippen molar-refractivity contribution in [3.8, 4) is 0 Å². The average Bonchev–Trinajstić information content (AvgIpc) is 3.36. The number of carbonyl (C=O) groups is 2. The molecule has 6 nitrogen and oxygen atoms in total. The molecule has 0 aromatic heterocycles. The molecule has 1 aromatic carbocycles. The molecule has 4 fully saturated rings. The lowest BCUT2D eigenvalue weighted by atomic mass is 9.82. The molecule has 7 heteroatoms. The Morgan fingerprint density at radius 2 is 1.88 bits per heavy atom. The van der Waals surface area contributed by atoms with E-state index >= 15 is 0 Å². The highest BCUT2D eigenvalue weighted by molar-refractivity contribution is 6.31. The number of nitrogens with zero attached hydrogens (tertiary/aromatic N) is 2. The first kappa shape index (κ1) is 16.4. The summed E-state index contributed by atoms with van der Waals surface area (Å²) in [6.07, 6.45) is 3.52. The van der Waals surface area contributed by atoms with Crippen LogP contribution in [0.5, 0.6) is 0 Å². The molecular weight excluding hydrogens is 354 g/mol. The van der Waals surface area contributed by atoms with Crippen LogP contribution in [0, 0.1) is 11.8 Å². The average molecular weight is 376 g/mol. The third-order valence-electron chi connectivity index (χ3n) is 6.36. The molecule has 3 amide bonds. The minimum absolute atomic E-state index is 0.0663. The normalized spacial score (nSPS) is 35.3. The molecule has 138 valence electrons. The molecule has 1 aromatic rings. The van der Waals surface area contributed by atoms with Gasteiger partial charge >= 0.3 is 6.03 Å².